The lowest BCUT2D eigenvalue weighted by Crippen LogP contribution is -2.31. The number of hydrogen-bond acceptors (Lipinski definition) is 3. The highest BCUT2D eigenvalue weighted by Gasteiger charge is 2.10. The standard InChI is InChI=1S/C20H19N5S/c1-2-13-21-20(26)23-22-14-17-15-25(18-11-7-4-8-12-18)24-19(17)16-9-5-3-6-10-16/h2-12,14-15H,1,13H2,(H2,21,23,26). The molecule has 0 radical (unpaired) electrons. The van der Waals surface area contributed by atoms with Gasteiger partial charge in [-0.1, -0.05) is 54.6 Å². The van der Waals surface area contributed by atoms with Crippen LogP contribution < -0.4 is 10.7 Å². The SMILES string of the molecule is C=CCNC(=S)NN=Cc1cn(-c2ccccc2)nc1-c1ccccc1. The van der Waals surface area contributed by atoms with E-state index >= 15 is 0 Å². The Kier molecular flexibility index (Phi) is 5.90. The van der Waals surface area contributed by atoms with Crippen LogP contribution in [0.25, 0.3) is 16.9 Å². The molecule has 0 amide bonds. The highest BCUT2D eigenvalue weighted by molar-refractivity contribution is 7.80. The molecule has 0 atom stereocenters. The molecule has 3 rings (SSSR count). The van der Waals surface area contributed by atoms with E-state index in [1.165, 1.54) is 0 Å². The summed E-state index contributed by atoms with van der Waals surface area (Å²) in [6.45, 7) is 4.22. The number of para-hydroxylation sites is 1. The summed E-state index contributed by atoms with van der Waals surface area (Å²) in [5, 5.41) is 12.4. The van der Waals surface area contributed by atoms with Gasteiger partial charge in [0, 0.05) is 23.9 Å². The molecule has 1 heterocycles. The predicted octanol–water partition coefficient (Wildman–Crippen LogP) is 3.52. The van der Waals surface area contributed by atoms with Gasteiger partial charge in [0.25, 0.3) is 0 Å². The summed E-state index contributed by atoms with van der Waals surface area (Å²) in [6.07, 6.45) is 5.40. The fourth-order valence-corrected chi connectivity index (χ4v) is 2.52. The lowest BCUT2D eigenvalue weighted by molar-refractivity contribution is 0.884. The van der Waals surface area contributed by atoms with Crippen LogP contribution in [0.4, 0.5) is 0 Å². The quantitative estimate of drug-likeness (QED) is 0.305. The lowest BCUT2D eigenvalue weighted by Gasteiger charge is -2.03. The molecule has 1 aromatic heterocycles. The Labute approximate surface area is 158 Å². The zero-order valence-electron chi connectivity index (χ0n) is 14.2. The summed E-state index contributed by atoms with van der Waals surface area (Å²) in [5.41, 5.74) is 6.55. The van der Waals surface area contributed by atoms with Gasteiger partial charge in [-0.25, -0.2) is 4.68 Å². The number of hydrogen-bond donors (Lipinski definition) is 2. The van der Waals surface area contributed by atoms with E-state index in [-0.39, 0.29) is 0 Å². The normalized spacial score (nSPS) is 10.6. The molecule has 2 N–H and O–H groups in total. The molecule has 0 aliphatic heterocycles. The van der Waals surface area contributed by atoms with Crippen molar-refractivity contribution in [1.29, 1.82) is 0 Å². The second kappa shape index (κ2) is 8.73. The zero-order valence-corrected chi connectivity index (χ0v) is 15.0. The van der Waals surface area contributed by atoms with Crippen molar-refractivity contribution in [2.75, 3.05) is 6.54 Å². The van der Waals surface area contributed by atoms with Crippen LogP contribution in [0.2, 0.25) is 0 Å². The van der Waals surface area contributed by atoms with Gasteiger partial charge >= 0.3 is 0 Å². The Morgan fingerprint density at radius 2 is 1.81 bits per heavy atom. The lowest BCUT2D eigenvalue weighted by atomic mass is 10.1. The first kappa shape index (κ1) is 17.6. The third-order valence-electron chi connectivity index (χ3n) is 3.59. The van der Waals surface area contributed by atoms with Gasteiger partial charge in [0.15, 0.2) is 5.11 Å². The number of hydrazone groups is 1. The summed E-state index contributed by atoms with van der Waals surface area (Å²) >= 11 is 5.14. The molecule has 0 saturated carbocycles. The van der Waals surface area contributed by atoms with Gasteiger partial charge in [-0.05, 0) is 24.4 Å². The van der Waals surface area contributed by atoms with Crippen molar-refractivity contribution in [2.45, 2.75) is 0 Å². The van der Waals surface area contributed by atoms with Gasteiger partial charge in [-0.2, -0.15) is 10.2 Å². The van der Waals surface area contributed by atoms with E-state index in [9.17, 15) is 0 Å². The van der Waals surface area contributed by atoms with E-state index in [0.717, 1.165) is 22.5 Å². The first-order chi connectivity index (χ1) is 12.8. The maximum absolute atomic E-state index is 5.14. The maximum atomic E-state index is 5.14. The Morgan fingerprint density at radius 1 is 1.12 bits per heavy atom. The average Bonchev–Trinajstić information content (AvgIpc) is 3.12. The largest absolute Gasteiger partial charge is 0.358 e. The molecule has 0 aliphatic carbocycles. The summed E-state index contributed by atoms with van der Waals surface area (Å²) in [6, 6.07) is 20.0. The third kappa shape index (κ3) is 4.43. The minimum Gasteiger partial charge on any atom is -0.358 e. The second-order valence-corrected chi connectivity index (χ2v) is 5.86. The van der Waals surface area contributed by atoms with E-state index in [1.807, 2.05) is 71.5 Å². The van der Waals surface area contributed by atoms with Crippen LogP contribution in [0.1, 0.15) is 5.56 Å². The molecular formula is C20H19N5S. The zero-order chi connectivity index (χ0) is 18.2. The number of thiocarbonyl (C=S) groups is 1. The van der Waals surface area contributed by atoms with Gasteiger partial charge < -0.3 is 5.32 Å². The molecule has 6 heteroatoms. The van der Waals surface area contributed by atoms with Crippen LogP contribution in [0.3, 0.4) is 0 Å². The minimum absolute atomic E-state index is 0.442. The Hall–Kier alpha value is -3.25. The van der Waals surface area contributed by atoms with Crippen molar-refractivity contribution in [3.63, 3.8) is 0 Å². The molecular weight excluding hydrogens is 342 g/mol. The fraction of sp³-hybridized carbons (Fsp3) is 0.0500. The fourth-order valence-electron chi connectivity index (χ4n) is 2.38. The molecule has 0 bridgehead atoms. The number of nitrogens with one attached hydrogen (secondary N) is 2. The van der Waals surface area contributed by atoms with Crippen molar-refractivity contribution in [2.24, 2.45) is 5.10 Å². The smallest absolute Gasteiger partial charge is 0.187 e. The Balaban J connectivity index is 1.88. The predicted molar refractivity (Wildman–Crippen MR) is 111 cm³/mol. The number of benzene rings is 2. The van der Waals surface area contributed by atoms with Crippen molar-refractivity contribution < 1.29 is 0 Å². The number of aromatic nitrogens is 2. The van der Waals surface area contributed by atoms with Crippen LogP contribution in [0.15, 0.2) is 84.6 Å². The van der Waals surface area contributed by atoms with Crippen molar-refractivity contribution in [1.82, 2.24) is 20.5 Å². The molecule has 0 spiro atoms. The van der Waals surface area contributed by atoms with E-state index in [0.29, 0.717) is 11.7 Å². The second-order valence-electron chi connectivity index (χ2n) is 5.45. The number of rotatable bonds is 6. The molecule has 130 valence electrons. The Bertz CT molecular complexity index is 900. The Morgan fingerprint density at radius 3 is 2.50 bits per heavy atom. The van der Waals surface area contributed by atoms with E-state index in [4.69, 9.17) is 17.3 Å². The summed E-state index contributed by atoms with van der Waals surface area (Å²) in [4.78, 5) is 0. The van der Waals surface area contributed by atoms with E-state index in [1.54, 1.807) is 12.3 Å². The van der Waals surface area contributed by atoms with Crippen LogP contribution in [-0.4, -0.2) is 27.7 Å². The summed E-state index contributed by atoms with van der Waals surface area (Å²) in [7, 11) is 0. The molecule has 2 aromatic carbocycles. The highest BCUT2D eigenvalue weighted by atomic mass is 32.1. The monoisotopic (exact) mass is 361 g/mol. The van der Waals surface area contributed by atoms with Crippen LogP contribution in [0.5, 0.6) is 0 Å². The molecule has 5 nitrogen and oxygen atoms in total. The van der Waals surface area contributed by atoms with Crippen LogP contribution >= 0.6 is 12.2 Å². The molecule has 0 unspecified atom stereocenters. The number of nitrogens with zero attached hydrogens (tertiary/aromatic N) is 3. The van der Waals surface area contributed by atoms with Gasteiger partial charge in [0.2, 0.25) is 0 Å². The van der Waals surface area contributed by atoms with Crippen molar-refractivity contribution >= 4 is 23.5 Å². The van der Waals surface area contributed by atoms with E-state index in [2.05, 4.69) is 22.4 Å². The molecule has 0 saturated heterocycles. The minimum atomic E-state index is 0.442. The average molecular weight is 361 g/mol. The van der Waals surface area contributed by atoms with Crippen LogP contribution in [0, 0.1) is 0 Å². The first-order valence-corrected chi connectivity index (χ1v) is 8.57. The van der Waals surface area contributed by atoms with E-state index < -0.39 is 0 Å². The van der Waals surface area contributed by atoms with Gasteiger partial charge in [-0.15, -0.1) is 6.58 Å². The van der Waals surface area contributed by atoms with Crippen LogP contribution in [-0.2, 0) is 0 Å². The van der Waals surface area contributed by atoms with Crippen molar-refractivity contribution in [3.8, 4) is 16.9 Å². The van der Waals surface area contributed by atoms with Crippen molar-refractivity contribution in [3.05, 3.63) is 85.1 Å². The molecule has 26 heavy (non-hydrogen) atoms. The van der Waals surface area contributed by atoms with Gasteiger partial charge in [-0.3, -0.25) is 5.43 Å². The molecule has 0 fully saturated rings. The van der Waals surface area contributed by atoms with Gasteiger partial charge in [0.05, 0.1) is 11.9 Å². The maximum Gasteiger partial charge on any atom is 0.187 e. The highest BCUT2D eigenvalue weighted by Crippen LogP contribution is 2.22. The van der Waals surface area contributed by atoms with Gasteiger partial charge in [0.1, 0.15) is 5.69 Å². The molecule has 3 aromatic rings. The summed E-state index contributed by atoms with van der Waals surface area (Å²) in [5.74, 6) is 0. The molecule has 0 aliphatic rings. The third-order valence-corrected chi connectivity index (χ3v) is 3.82. The topological polar surface area (TPSA) is 54.2 Å². The summed E-state index contributed by atoms with van der Waals surface area (Å²) < 4.78 is 1.85. The first-order valence-electron chi connectivity index (χ1n) is 8.16.